The minimum absolute atomic E-state index is 0.0241. The third-order valence-corrected chi connectivity index (χ3v) is 3.83. The van der Waals surface area contributed by atoms with Gasteiger partial charge >= 0.3 is 0 Å². The van der Waals surface area contributed by atoms with E-state index in [4.69, 9.17) is 5.73 Å². The van der Waals surface area contributed by atoms with E-state index in [-0.39, 0.29) is 12.1 Å². The summed E-state index contributed by atoms with van der Waals surface area (Å²) in [5.74, 6) is -9.56. The van der Waals surface area contributed by atoms with Crippen LogP contribution in [0.1, 0.15) is 25.7 Å². The number of rotatable bonds is 2. The lowest BCUT2D eigenvalue weighted by atomic mass is 9.90. The molecule has 0 aromatic heterocycles. The SMILES string of the molecule is CN(c1c(F)c(F)c(F)c(F)c1F)C1CCC(N)CC1. The summed E-state index contributed by atoms with van der Waals surface area (Å²) < 4.78 is 66.8. The topological polar surface area (TPSA) is 29.3 Å². The minimum Gasteiger partial charge on any atom is -0.367 e. The molecule has 1 aliphatic rings. The van der Waals surface area contributed by atoms with Crippen LogP contribution in [-0.4, -0.2) is 19.1 Å². The Hall–Kier alpha value is -1.37. The van der Waals surface area contributed by atoms with Crippen LogP contribution < -0.4 is 10.6 Å². The van der Waals surface area contributed by atoms with Gasteiger partial charge in [0.05, 0.1) is 0 Å². The van der Waals surface area contributed by atoms with Gasteiger partial charge in [-0.2, -0.15) is 0 Å². The van der Waals surface area contributed by atoms with Crippen molar-refractivity contribution in [3.8, 4) is 0 Å². The maximum absolute atomic E-state index is 13.7. The predicted molar refractivity (Wildman–Crippen MR) is 64.9 cm³/mol. The van der Waals surface area contributed by atoms with Crippen LogP contribution in [0.3, 0.4) is 0 Å². The van der Waals surface area contributed by atoms with Crippen molar-refractivity contribution in [3.05, 3.63) is 29.1 Å². The lowest BCUT2D eigenvalue weighted by Gasteiger charge is -2.35. The van der Waals surface area contributed by atoms with Crippen molar-refractivity contribution in [2.45, 2.75) is 37.8 Å². The van der Waals surface area contributed by atoms with E-state index in [1.165, 1.54) is 7.05 Å². The standard InChI is InChI=1S/C13H15F5N2/c1-20(7-4-2-6(19)3-5-7)13-11(17)9(15)8(14)10(16)12(13)18/h6-7H,2-5,19H2,1H3. The smallest absolute Gasteiger partial charge is 0.200 e. The van der Waals surface area contributed by atoms with Crippen LogP contribution in [0, 0.1) is 29.1 Å². The average Bonchev–Trinajstić information content (AvgIpc) is 2.44. The molecule has 0 spiro atoms. The molecular formula is C13H15F5N2. The summed E-state index contributed by atoms with van der Waals surface area (Å²) in [5, 5.41) is 0. The van der Waals surface area contributed by atoms with E-state index in [1.807, 2.05) is 0 Å². The Morgan fingerprint density at radius 3 is 1.65 bits per heavy atom. The molecule has 0 heterocycles. The molecule has 7 heteroatoms. The maximum atomic E-state index is 13.7. The Labute approximate surface area is 113 Å². The summed E-state index contributed by atoms with van der Waals surface area (Å²) in [7, 11) is 1.33. The Morgan fingerprint density at radius 1 is 0.800 bits per heavy atom. The average molecular weight is 294 g/mol. The van der Waals surface area contributed by atoms with Crippen LogP contribution in [0.5, 0.6) is 0 Å². The third kappa shape index (κ3) is 2.46. The zero-order valence-corrected chi connectivity index (χ0v) is 10.9. The fourth-order valence-electron chi connectivity index (χ4n) is 2.57. The van der Waals surface area contributed by atoms with E-state index in [9.17, 15) is 22.0 Å². The van der Waals surface area contributed by atoms with E-state index in [1.54, 1.807) is 0 Å². The van der Waals surface area contributed by atoms with Crippen LogP contribution in [0.4, 0.5) is 27.6 Å². The zero-order chi connectivity index (χ0) is 15.0. The summed E-state index contributed by atoms with van der Waals surface area (Å²) >= 11 is 0. The first-order chi connectivity index (χ1) is 9.34. The van der Waals surface area contributed by atoms with Crippen LogP contribution in [0.15, 0.2) is 0 Å². The first kappa shape index (κ1) is 15.0. The van der Waals surface area contributed by atoms with Gasteiger partial charge in [0.1, 0.15) is 5.69 Å². The highest BCUT2D eigenvalue weighted by molar-refractivity contribution is 5.50. The van der Waals surface area contributed by atoms with Gasteiger partial charge in [-0.25, -0.2) is 22.0 Å². The highest BCUT2D eigenvalue weighted by Gasteiger charge is 2.31. The number of nitrogens with two attached hydrogens (primary N) is 1. The van der Waals surface area contributed by atoms with Gasteiger partial charge in [-0.15, -0.1) is 0 Å². The van der Waals surface area contributed by atoms with Crippen molar-refractivity contribution >= 4 is 5.69 Å². The highest BCUT2D eigenvalue weighted by atomic mass is 19.2. The fourth-order valence-corrected chi connectivity index (χ4v) is 2.57. The molecular weight excluding hydrogens is 279 g/mol. The molecule has 2 rings (SSSR count). The van der Waals surface area contributed by atoms with Gasteiger partial charge in [0, 0.05) is 19.1 Å². The van der Waals surface area contributed by atoms with Gasteiger partial charge in [-0.05, 0) is 25.7 Å². The number of hydrogen-bond donors (Lipinski definition) is 1. The second-order valence-corrected chi connectivity index (χ2v) is 5.10. The maximum Gasteiger partial charge on any atom is 0.200 e. The zero-order valence-electron chi connectivity index (χ0n) is 10.9. The minimum atomic E-state index is -2.14. The van der Waals surface area contributed by atoms with E-state index in [0.717, 1.165) is 4.90 Å². The van der Waals surface area contributed by atoms with Crippen molar-refractivity contribution in [3.63, 3.8) is 0 Å². The van der Waals surface area contributed by atoms with Crippen LogP contribution in [0.25, 0.3) is 0 Å². The molecule has 0 bridgehead atoms. The molecule has 112 valence electrons. The molecule has 0 aliphatic heterocycles. The third-order valence-electron chi connectivity index (χ3n) is 3.83. The lowest BCUT2D eigenvalue weighted by molar-refractivity contribution is 0.360. The Bertz CT molecular complexity index is 483. The lowest BCUT2D eigenvalue weighted by Crippen LogP contribution is -2.39. The molecule has 0 saturated heterocycles. The van der Waals surface area contributed by atoms with Crippen molar-refractivity contribution in [2.24, 2.45) is 5.73 Å². The highest BCUT2D eigenvalue weighted by Crippen LogP contribution is 2.33. The second-order valence-electron chi connectivity index (χ2n) is 5.10. The fraction of sp³-hybridized carbons (Fsp3) is 0.538. The van der Waals surface area contributed by atoms with Gasteiger partial charge in [0.15, 0.2) is 23.3 Å². The van der Waals surface area contributed by atoms with Gasteiger partial charge in [0.2, 0.25) is 5.82 Å². The largest absolute Gasteiger partial charge is 0.367 e. The monoisotopic (exact) mass is 294 g/mol. The Morgan fingerprint density at radius 2 is 1.20 bits per heavy atom. The molecule has 0 amide bonds. The molecule has 0 atom stereocenters. The summed E-state index contributed by atoms with van der Waals surface area (Å²) in [5.41, 5.74) is 4.85. The number of anilines is 1. The normalized spacial score (nSPS) is 22.9. The van der Waals surface area contributed by atoms with Gasteiger partial charge in [-0.1, -0.05) is 0 Å². The molecule has 2 N–H and O–H groups in total. The molecule has 20 heavy (non-hydrogen) atoms. The first-order valence-corrected chi connectivity index (χ1v) is 6.34. The summed E-state index contributed by atoms with van der Waals surface area (Å²) in [6, 6.07) is -0.265. The summed E-state index contributed by atoms with van der Waals surface area (Å²) in [6.07, 6.45) is 2.42. The number of hydrogen-bond acceptors (Lipinski definition) is 2. The van der Waals surface area contributed by atoms with Gasteiger partial charge < -0.3 is 10.6 Å². The molecule has 1 aliphatic carbocycles. The van der Waals surface area contributed by atoms with Crippen LogP contribution in [-0.2, 0) is 0 Å². The van der Waals surface area contributed by atoms with E-state index >= 15 is 0 Å². The molecule has 2 nitrogen and oxygen atoms in total. The quantitative estimate of drug-likeness (QED) is 0.516. The summed E-state index contributed by atoms with van der Waals surface area (Å²) in [6.45, 7) is 0. The molecule has 0 radical (unpaired) electrons. The van der Waals surface area contributed by atoms with E-state index < -0.39 is 34.8 Å². The molecule has 1 aromatic rings. The molecule has 1 aromatic carbocycles. The van der Waals surface area contributed by atoms with E-state index in [0.29, 0.717) is 25.7 Å². The molecule has 0 unspecified atom stereocenters. The van der Waals surface area contributed by atoms with Crippen molar-refractivity contribution in [2.75, 3.05) is 11.9 Å². The predicted octanol–water partition coefficient (Wildman–Crippen LogP) is 3.09. The van der Waals surface area contributed by atoms with E-state index in [2.05, 4.69) is 0 Å². The van der Waals surface area contributed by atoms with Crippen molar-refractivity contribution < 1.29 is 22.0 Å². The number of benzene rings is 1. The summed E-state index contributed by atoms with van der Waals surface area (Å²) in [4.78, 5) is 1.13. The second kappa shape index (κ2) is 5.55. The van der Waals surface area contributed by atoms with Crippen molar-refractivity contribution in [1.29, 1.82) is 0 Å². The number of nitrogens with zero attached hydrogens (tertiary/aromatic N) is 1. The van der Waals surface area contributed by atoms with Gasteiger partial charge in [0.25, 0.3) is 0 Å². The first-order valence-electron chi connectivity index (χ1n) is 6.34. The molecule has 1 saturated carbocycles. The Balaban J connectivity index is 2.37. The number of halogens is 5. The van der Waals surface area contributed by atoms with Gasteiger partial charge in [-0.3, -0.25) is 0 Å². The van der Waals surface area contributed by atoms with Crippen LogP contribution in [0.2, 0.25) is 0 Å². The molecule has 1 fully saturated rings. The Kier molecular flexibility index (Phi) is 4.17. The van der Waals surface area contributed by atoms with Crippen LogP contribution >= 0.6 is 0 Å². The van der Waals surface area contributed by atoms with Crippen molar-refractivity contribution in [1.82, 2.24) is 0 Å².